The Labute approximate surface area is 237 Å². The summed E-state index contributed by atoms with van der Waals surface area (Å²) >= 11 is 0. The van der Waals surface area contributed by atoms with Gasteiger partial charge in [-0.3, -0.25) is 4.79 Å². The molecule has 0 aliphatic carbocycles. The molecule has 11 atom stereocenters. The summed E-state index contributed by atoms with van der Waals surface area (Å²) in [4.78, 5) is 13.5. The molecule has 2 aromatic carbocycles. The van der Waals surface area contributed by atoms with Gasteiger partial charge in [-0.05, 0) is 17.7 Å². The Morgan fingerprint density at radius 3 is 1.67 bits per heavy atom. The Kier molecular flexibility index (Phi) is 8.34. The van der Waals surface area contributed by atoms with E-state index in [1.54, 1.807) is 0 Å². The summed E-state index contributed by atoms with van der Waals surface area (Å²) < 4.78 is 17.2. The summed E-state index contributed by atoms with van der Waals surface area (Å²) in [6.07, 6.45) is -19.4. The number of ether oxygens (including phenoxy) is 3. The fourth-order valence-electron chi connectivity index (χ4n) is 5.67. The third kappa shape index (κ3) is 4.87. The van der Waals surface area contributed by atoms with Crippen molar-refractivity contribution in [3.05, 3.63) is 46.5 Å². The molecule has 15 nitrogen and oxygen atoms in total. The maximum Gasteiger partial charge on any atom is 0.174 e. The average molecular weight is 597 g/mol. The monoisotopic (exact) mass is 596 g/mol. The van der Waals surface area contributed by atoms with Crippen molar-refractivity contribution in [1.29, 1.82) is 0 Å². The van der Waals surface area contributed by atoms with Crippen molar-refractivity contribution in [2.75, 3.05) is 13.2 Å². The van der Waals surface area contributed by atoms with Crippen LogP contribution in [-0.2, 0) is 9.47 Å². The molecule has 2 fully saturated rings. The largest absolute Gasteiger partial charge is 0.508 e. The molecule has 2 saturated heterocycles. The van der Waals surface area contributed by atoms with Crippen molar-refractivity contribution in [3.63, 3.8) is 0 Å². The number of benzene rings is 2. The molecule has 11 N–H and O–H groups in total. The molecule has 0 bridgehead atoms. The Balaban J connectivity index is 1.72. The lowest BCUT2D eigenvalue weighted by Gasteiger charge is -2.43. The summed E-state index contributed by atoms with van der Waals surface area (Å²) in [6.45, 7) is -1.68. The van der Waals surface area contributed by atoms with E-state index in [9.17, 15) is 61.0 Å². The zero-order valence-electron chi connectivity index (χ0n) is 21.8. The molecule has 15 heteroatoms. The second-order valence-electron chi connectivity index (χ2n) is 10.6. The van der Waals surface area contributed by atoms with Gasteiger partial charge in [0.1, 0.15) is 95.7 Å². The van der Waals surface area contributed by atoms with Gasteiger partial charge in [-0.25, -0.2) is 0 Å². The first-order valence-electron chi connectivity index (χ1n) is 13.1. The number of phenolic OH excluding ortho intramolecular Hbond substituents is 3. The maximum absolute atomic E-state index is 13.5. The Morgan fingerprint density at radius 1 is 0.667 bits per heavy atom. The van der Waals surface area contributed by atoms with E-state index in [-0.39, 0.29) is 12.2 Å². The highest BCUT2D eigenvalue weighted by atomic mass is 16.6. The number of hydrogen-bond acceptors (Lipinski definition) is 15. The lowest BCUT2D eigenvalue weighted by molar-refractivity contribution is -0.234. The van der Waals surface area contributed by atoms with Crippen molar-refractivity contribution >= 4 is 5.78 Å². The number of rotatable bonds is 5. The number of fused-ring (bicyclic) bond motifs is 1. The lowest BCUT2D eigenvalue weighted by atomic mass is 9.82. The van der Waals surface area contributed by atoms with Crippen LogP contribution in [0.1, 0.15) is 51.8 Å². The number of carbonyl (C=O) groups is 1. The molecule has 0 amide bonds. The summed E-state index contributed by atoms with van der Waals surface area (Å²) in [5.74, 6) is -3.21. The van der Waals surface area contributed by atoms with Gasteiger partial charge in [0.25, 0.3) is 0 Å². The van der Waals surface area contributed by atoms with E-state index in [0.29, 0.717) is 5.56 Å². The SMILES string of the molecule is O=C1CC(c2ccc(O)cc2)Oc2c1c(O)c(C1OC(CO)C(O)C(O)C1O)c(O)c2C1OC(CO)C(O)C(O)C1O. The van der Waals surface area contributed by atoms with Gasteiger partial charge in [-0.15, -0.1) is 0 Å². The van der Waals surface area contributed by atoms with Crippen LogP contribution in [0.2, 0.25) is 0 Å². The first kappa shape index (κ1) is 30.4. The number of hydrogen-bond donors (Lipinski definition) is 11. The van der Waals surface area contributed by atoms with Gasteiger partial charge in [-0.2, -0.15) is 0 Å². The summed E-state index contributed by atoms with van der Waals surface area (Å²) in [5.41, 5.74) is -1.34. The fraction of sp³-hybridized carbons (Fsp3) is 0.519. The van der Waals surface area contributed by atoms with E-state index in [0.717, 1.165) is 0 Å². The van der Waals surface area contributed by atoms with Gasteiger partial charge in [-0.1, -0.05) is 12.1 Å². The van der Waals surface area contributed by atoms with E-state index in [1.807, 2.05) is 0 Å². The fourth-order valence-corrected chi connectivity index (χ4v) is 5.67. The number of ketones is 1. The van der Waals surface area contributed by atoms with Crippen LogP contribution in [-0.4, -0.2) is 124 Å². The molecule has 230 valence electrons. The first-order chi connectivity index (χ1) is 19.9. The second-order valence-corrected chi connectivity index (χ2v) is 10.6. The number of aliphatic hydroxyl groups is 8. The van der Waals surface area contributed by atoms with E-state index in [1.165, 1.54) is 24.3 Å². The number of carbonyl (C=O) groups excluding carboxylic acids is 1. The van der Waals surface area contributed by atoms with Crippen LogP contribution in [0.4, 0.5) is 0 Å². The molecule has 2 aromatic rings. The highest BCUT2D eigenvalue weighted by Gasteiger charge is 2.51. The van der Waals surface area contributed by atoms with E-state index < -0.39 is 120 Å². The highest BCUT2D eigenvalue weighted by molar-refractivity contribution is 6.04. The van der Waals surface area contributed by atoms with Gasteiger partial charge in [0.2, 0.25) is 0 Å². The molecule has 3 heterocycles. The number of phenols is 3. The third-order valence-electron chi connectivity index (χ3n) is 8.00. The summed E-state index contributed by atoms with van der Waals surface area (Å²) in [5, 5.41) is 115. The van der Waals surface area contributed by atoms with E-state index in [2.05, 4.69) is 0 Å². The van der Waals surface area contributed by atoms with E-state index >= 15 is 0 Å². The minimum absolute atomic E-state index is 0.0669. The Hall–Kier alpha value is -3.09. The van der Waals surface area contributed by atoms with Gasteiger partial charge < -0.3 is 70.4 Å². The molecular weight excluding hydrogens is 564 g/mol. The first-order valence-corrected chi connectivity index (χ1v) is 13.1. The minimum atomic E-state index is -2.01. The van der Waals surface area contributed by atoms with Crippen molar-refractivity contribution < 1.29 is 75.2 Å². The predicted molar refractivity (Wildman–Crippen MR) is 136 cm³/mol. The van der Waals surface area contributed by atoms with Crippen LogP contribution in [0.3, 0.4) is 0 Å². The van der Waals surface area contributed by atoms with Crippen LogP contribution < -0.4 is 4.74 Å². The normalized spacial score (nSPS) is 36.8. The zero-order valence-corrected chi connectivity index (χ0v) is 21.8. The quantitative estimate of drug-likeness (QED) is 0.171. The molecular formula is C27H32O15. The average Bonchev–Trinajstić information content (AvgIpc) is 2.97. The van der Waals surface area contributed by atoms with Gasteiger partial charge >= 0.3 is 0 Å². The van der Waals surface area contributed by atoms with Crippen molar-refractivity contribution in [1.82, 2.24) is 0 Å². The molecule has 0 radical (unpaired) electrons. The number of Topliss-reactive ketones (excluding diaryl/α,β-unsaturated/α-hetero) is 1. The molecule has 11 unspecified atom stereocenters. The third-order valence-corrected chi connectivity index (χ3v) is 8.00. The van der Waals surface area contributed by atoms with Crippen molar-refractivity contribution in [2.45, 2.75) is 73.6 Å². The highest BCUT2D eigenvalue weighted by Crippen LogP contribution is 2.55. The molecule has 0 spiro atoms. The van der Waals surface area contributed by atoms with Gasteiger partial charge in [0.15, 0.2) is 5.78 Å². The van der Waals surface area contributed by atoms with Crippen LogP contribution >= 0.6 is 0 Å². The van der Waals surface area contributed by atoms with Gasteiger partial charge in [0, 0.05) is 0 Å². The molecule has 0 aromatic heterocycles. The molecule has 3 aliphatic heterocycles. The standard InChI is InChI=1S/C27H32O15/c28-6-12-17(32)21(36)23(38)26(41-12)15-19(34)14-10(31)5-11(8-1-3-9(30)4-2-8)40-25(14)16(20(15)35)27-24(39)22(37)18(33)13(7-29)42-27/h1-4,11-13,17-18,21-24,26-30,32-39H,5-7H2. The molecule has 42 heavy (non-hydrogen) atoms. The number of aliphatic hydroxyl groups excluding tert-OH is 8. The van der Waals surface area contributed by atoms with Gasteiger partial charge in [0.05, 0.1) is 30.8 Å². The zero-order chi connectivity index (χ0) is 30.6. The van der Waals surface area contributed by atoms with Crippen LogP contribution in [0.5, 0.6) is 23.0 Å². The van der Waals surface area contributed by atoms with Crippen LogP contribution in [0.25, 0.3) is 0 Å². The second kappa shape index (κ2) is 11.5. The van der Waals surface area contributed by atoms with Crippen molar-refractivity contribution in [3.8, 4) is 23.0 Å². The van der Waals surface area contributed by atoms with E-state index in [4.69, 9.17) is 14.2 Å². The molecule has 0 saturated carbocycles. The Bertz CT molecular complexity index is 1310. The minimum Gasteiger partial charge on any atom is -0.508 e. The topological polar surface area (TPSA) is 267 Å². The lowest BCUT2D eigenvalue weighted by Crippen LogP contribution is -2.55. The van der Waals surface area contributed by atoms with Crippen LogP contribution in [0, 0.1) is 0 Å². The molecule has 5 rings (SSSR count). The molecule has 3 aliphatic rings. The smallest absolute Gasteiger partial charge is 0.174 e. The Morgan fingerprint density at radius 2 is 1.17 bits per heavy atom. The maximum atomic E-state index is 13.5. The van der Waals surface area contributed by atoms with Crippen LogP contribution in [0.15, 0.2) is 24.3 Å². The van der Waals surface area contributed by atoms with Crippen molar-refractivity contribution in [2.24, 2.45) is 0 Å². The summed E-state index contributed by atoms with van der Waals surface area (Å²) in [7, 11) is 0. The predicted octanol–water partition coefficient (Wildman–Crippen LogP) is -2.46. The number of aromatic hydroxyl groups is 3. The summed E-state index contributed by atoms with van der Waals surface area (Å²) in [6, 6.07) is 5.62.